The van der Waals surface area contributed by atoms with Crippen molar-refractivity contribution in [1.29, 1.82) is 5.26 Å². The van der Waals surface area contributed by atoms with Crippen LogP contribution in [0.15, 0.2) is 33.9 Å². The average Bonchev–Trinajstić information content (AvgIpc) is 3.58. The first-order valence-corrected chi connectivity index (χ1v) is 13.7. The zero-order valence-electron chi connectivity index (χ0n) is 19.5. The maximum absolute atomic E-state index is 13.1. The number of nitrogens with one attached hydrogen (secondary N) is 3. The second-order valence-corrected chi connectivity index (χ2v) is 10.8. The van der Waals surface area contributed by atoms with Gasteiger partial charge in [0.15, 0.2) is 0 Å². The van der Waals surface area contributed by atoms with E-state index < -0.39 is 47.1 Å². The molecule has 0 aromatic carbocycles. The highest BCUT2D eigenvalue weighted by atomic mass is 32.2. The third kappa shape index (κ3) is 5.49. The van der Waals surface area contributed by atoms with E-state index in [1.165, 1.54) is 28.2 Å². The lowest BCUT2D eigenvalue weighted by Gasteiger charge is -2.49. The Morgan fingerprint density at radius 2 is 2.13 bits per heavy atom. The van der Waals surface area contributed by atoms with Crippen molar-refractivity contribution in [2.24, 2.45) is 7.05 Å². The highest BCUT2D eigenvalue weighted by Crippen LogP contribution is 2.41. The monoisotopic (exact) mass is 577 g/mol. The lowest BCUT2D eigenvalue weighted by atomic mass is 10.0. The number of tetrazole rings is 1. The number of carboxylic acids is 1. The Bertz CT molecular complexity index is 1350. The van der Waals surface area contributed by atoms with Gasteiger partial charge >= 0.3 is 17.8 Å². The molecule has 2 aliphatic rings. The number of nitriles is 1. The molecule has 4 N–H and O–H groups in total. The van der Waals surface area contributed by atoms with Gasteiger partial charge in [0.05, 0.1) is 6.07 Å². The predicted octanol–water partition coefficient (Wildman–Crippen LogP) is -1.40. The maximum Gasteiger partial charge on any atom is 0.352 e. The quantitative estimate of drug-likeness (QED) is 0.117. The minimum absolute atomic E-state index is 0.149. The second kappa shape index (κ2) is 11.6. The van der Waals surface area contributed by atoms with Crippen molar-refractivity contribution in [2.45, 2.75) is 22.6 Å². The van der Waals surface area contributed by atoms with Crippen molar-refractivity contribution in [1.82, 2.24) is 41.1 Å². The molecule has 4 heterocycles. The van der Waals surface area contributed by atoms with E-state index in [4.69, 9.17) is 5.26 Å². The molecule has 0 bridgehead atoms. The summed E-state index contributed by atoms with van der Waals surface area (Å²) in [6, 6.07) is 2.58. The van der Waals surface area contributed by atoms with E-state index in [9.17, 15) is 29.1 Å². The SMILES string of the molecule is Cn1nnnc1SCC1=C(C(=O)O)N2C(=O)[C@H](NC(=O)C(NC(=O)C(=O)NCC#N)c3cccs3)C2SC1. The van der Waals surface area contributed by atoms with Gasteiger partial charge in [-0.25, -0.2) is 9.48 Å². The van der Waals surface area contributed by atoms with Gasteiger partial charge in [-0.3, -0.25) is 24.1 Å². The van der Waals surface area contributed by atoms with Crippen LogP contribution in [0.25, 0.3) is 0 Å². The van der Waals surface area contributed by atoms with E-state index in [-0.39, 0.29) is 18.0 Å². The molecule has 0 saturated carbocycles. The third-order valence-electron chi connectivity index (χ3n) is 5.40. The van der Waals surface area contributed by atoms with Crippen LogP contribution >= 0.6 is 34.9 Å². The molecule has 2 unspecified atom stereocenters. The largest absolute Gasteiger partial charge is 0.477 e. The number of aromatic nitrogens is 4. The zero-order valence-corrected chi connectivity index (χ0v) is 21.9. The van der Waals surface area contributed by atoms with Crippen LogP contribution in [0.1, 0.15) is 10.9 Å². The number of thioether (sulfide) groups is 2. The molecule has 4 rings (SSSR count). The van der Waals surface area contributed by atoms with Crippen LogP contribution in [-0.4, -0.2) is 89.3 Å². The first-order valence-electron chi connectivity index (χ1n) is 10.8. The van der Waals surface area contributed by atoms with E-state index in [0.29, 0.717) is 21.4 Å². The Hall–Kier alpha value is -3.95. The van der Waals surface area contributed by atoms with Crippen molar-refractivity contribution in [3.63, 3.8) is 0 Å². The Kier molecular flexibility index (Phi) is 8.29. The van der Waals surface area contributed by atoms with Crippen LogP contribution < -0.4 is 16.0 Å². The smallest absolute Gasteiger partial charge is 0.352 e. The van der Waals surface area contributed by atoms with Gasteiger partial charge in [0.2, 0.25) is 11.1 Å². The normalized spacial score (nSPS) is 19.1. The molecular weight excluding hydrogens is 558 g/mol. The number of fused-ring (bicyclic) bond motifs is 1. The predicted molar refractivity (Wildman–Crippen MR) is 133 cm³/mol. The number of carbonyl (C=O) groups is 5. The van der Waals surface area contributed by atoms with Gasteiger partial charge in [-0.15, -0.1) is 28.2 Å². The molecule has 2 aliphatic heterocycles. The summed E-state index contributed by atoms with van der Waals surface area (Å²) in [6.07, 6.45) is 0. The summed E-state index contributed by atoms with van der Waals surface area (Å²) in [4.78, 5) is 63.9. The van der Waals surface area contributed by atoms with Gasteiger partial charge in [-0.2, -0.15) is 5.26 Å². The molecule has 1 saturated heterocycles. The summed E-state index contributed by atoms with van der Waals surface area (Å²) < 4.78 is 1.45. The van der Waals surface area contributed by atoms with Crippen LogP contribution in [0.4, 0.5) is 0 Å². The lowest BCUT2D eigenvalue weighted by Crippen LogP contribution is -2.71. The number of carbonyl (C=O) groups excluding carboxylic acids is 4. The highest BCUT2D eigenvalue weighted by molar-refractivity contribution is 8.01. The van der Waals surface area contributed by atoms with Crippen molar-refractivity contribution in [3.8, 4) is 6.07 Å². The average molecular weight is 578 g/mol. The molecule has 1 fully saturated rings. The molecule has 0 radical (unpaired) electrons. The number of aryl methyl sites for hydroxylation is 1. The lowest BCUT2D eigenvalue weighted by molar-refractivity contribution is -0.151. The van der Waals surface area contributed by atoms with E-state index in [1.54, 1.807) is 30.6 Å². The molecule has 198 valence electrons. The molecule has 4 amide bonds. The number of hydrogen-bond acceptors (Lipinski definition) is 12. The number of β-lactam (4-membered cyclic amide) rings is 1. The first-order chi connectivity index (χ1) is 18.2. The zero-order chi connectivity index (χ0) is 27.4. The molecule has 38 heavy (non-hydrogen) atoms. The fourth-order valence-electron chi connectivity index (χ4n) is 3.64. The van der Waals surface area contributed by atoms with Crippen LogP contribution in [-0.2, 0) is 31.0 Å². The summed E-state index contributed by atoms with van der Waals surface area (Å²) in [6.45, 7) is -0.386. The van der Waals surface area contributed by atoms with Gasteiger partial charge in [0, 0.05) is 23.4 Å². The van der Waals surface area contributed by atoms with E-state index in [0.717, 1.165) is 16.2 Å². The van der Waals surface area contributed by atoms with Crippen LogP contribution in [0.2, 0.25) is 0 Å². The Balaban J connectivity index is 1.46. The number of thiophene rings is 1. The molecule has 15 nitrogen and oxygen atoms in total. The van der Waals surface area contributed by atoms with Crippen molar-refractivity contribution in [3.05, 3.63) is 33.7 Å². The van der Waals surface area contributed by atoms with Gasteiger partial charge < -0.3 is 21.1 Å². The number of amides is 4. The van der Waals surface area contributed by atoms with Gasteiger partial charge in [-0.05, 0) is 27.4 Å². The third-order valence-corrected chi connectivity index (χ3v) is 8.78. The van der Waals surface area contributed by atoms with E-state index in [2.05, 4.69) is 31.5 Å². The summed E-state index contributed by atoms with van der Waals surface area (Å²) in [5.41, 5.74) is 0.362. The van der Waals surface area contributed by atoms with Gasteiger partial charge in [0.1, 0.15) is 29.7 Å². The number of carboxylic acid groups (broad SMARTS) is 1. The van der Waals surface area contributed by atoms with Crippen molar-refractivity contribution < 1.29 is 29.1 Å². The van der Waals surface area contributed by atoms with Crippen LogP contribution in [0.5, 0.6) is 0 Å². The van der Waals surface area contributed by atoms with Crippen LogP contribution in [0.3, 0.4) is 0 Å². The van der Waals surface area contributed by atoms with Gasteiger partial charge in [-0.1, -0.05) is 17.8 Å². The molecule has 2 aromatic heterocycles. The number of rotatable bonds is 9. The Morgan fingerprint density at radius 3 is 2.76 bits per heavy atom. The molecular formula is C20H19N9O6S3. The topological polar surface area (TPSA) is 212 Å². The van der Waals surface area contributed by atoms with Crippen LogP contribution in [0, 0.1) is 11.3 Å². The molecule has 2 aromatic rings. The fraction of sp³-hybridized carbons (Fsp3) is 0.350. The van der Waals surface area contributed by atoms with E-state index in [1.807, 2.05) is 0 Å². The number of aliphatic carboxylic acids is 1. The number of nitrogens with zero attached hydrogens (tertiary/aromatic N) is 6. The summed E-state index contributed by atoms with van der Waals surface area (Å²) >= 11 is 3.68. The standard InChI is InChI=1S/C20H19N9O6S3/c1-28-20(25-26-27-28)38-8-9-7-37-18-12(17(33)29(18)13(9)19(34)35)24-14(30)11(10-3-2-6-36-10)23-16(32)15(31)22-5-4-21/h2-3,6,11-12,18H,5,7-8H2,1H3,(H,22,31)(H,23,32)(H,24,30)(H,34,35)/t11?,12-,18?/m0/s1. The number of hydrogen-bond donors (Lipinski definition) is 4. The van der Waals surface area contributed by atoms with Gasteiger partial charge in [0.25, 0.3) is 5.91 Å². The first kappa shape index (κ1) is 27.1. The summed E-state index contributed by atoms with van der Waals surface area (Å²) in [7, 11) is 1.65. The molecule has 18 heteroatoms. The van der Waals surface area contributed by atoms with Crippen molar-refractivity contribution in [2.75, 3.05) is 18.1 Å². The highest BCUT2D eigenvalue weighted by Gasteiger charge is 2.54. The fourth-order valence-corrected chi connectivity index (χ4v) is 6.75. The minimum atomic E-state index is -1.28. The summed E-state index contributed by atoms with van der Waals surface area (Å²) in [5.74, 6) is -4.30. The maximum atomic E-state index is 13.1. The minimum Gasteiger partial charge on any atom is -0.477 e. The Morgan fingerprint density at radius 1 is 1.34 bits per heavy atom. The molecule has 3 atom stereocenters. The second-order valence-electron chi connectivity index (χ2n) is 7.79. The van der Waals surface area contributed by atoms with E-state index >= 15 is 0 Å². The van der Waals surface area contributed by atoms with Crippen molar-refractivity contribution >= 4 is 64.5 Å². The summed E-state index contributed by atoms with van der Waals surface area (Å²) in [5, 5.41) is 38.0. The Labute approximate surface area is 227 Å². The molecule has 0 aliphatic carbocycles. The molecule has 0 spiro atoms.